The lowest BCUT2D eigenvalue weighted by molar-refractivity contribution is 0.472. The van der Waals surface area contributed by atoms with Gasteiger partial charge in [0.2, 0.25) is 0 Å². The lowest BCUT2D eigenvalue weighted by Gasteiger charge is -2.48. The highest BCUT2D eigenvalue weighted by molar-refractivity contribution is 7.03. The van der Waals surface area contributed by atoms with E-state index in [0.29, 0.717) is 5.75 Å². The monoisotopic (exact) mass is 1380 g/mol. The van der Waals surface area contributed by atoms with E-state index in [0.717, 1.165) is 206 Å². The van der Waals surface area contributed by atoms with Crippen molar-refractivity contribution in [2.24, 2.45) is 0 Å². The van der Waals surface area contributed by atoms with Gasteiger partial charge in [-0.15, -0.1) is 0 Å². The quantitative estimate of drug-likeness (QED) is 0.134. The number of fused-ring (bicyclic) bond motifs is 17. The van der Waals surface area contributed by atoms with Gasteiger partial charge in [-0.2, -0.15) is 0 Å². The van der Waals surface area contributed by atoms with Crippen molar-refractivity contribution in [3.63, 3.8) is 0 Å². The Bertz CT molecular complexity index is 6580. The van der Waals surface area contributed by atoms with Crippen LogP contribution in [0.3, 0.4) is 0 Å². The summed E-state index contributed by atoms with van der Waals surface area (Å²) in [4.78, 5) is 5.31. The Labute approximate surface area is 626 Å². The maximum Gasteiger partial charge on any atom is 0.260 e. The number of furan rings is 2. The third-order valence-electron chi connectivity index (χ3n) is 22.9. The molecule has 4 aliphatic rings. The number of anilines is 6. The van der Waals surface area contributed by atoms with Gasteiger partial charge in [-0.3, -0.25) is 0 Å². The van der Waals surface area contributed by atoms with E-state index in [-0.39, 0.29) is 6.71 Å². The summed E-state index contributed by atoms with van der Waals surface area (Å²) >= 11 is 0. The van der Waals surface area contributed by atoms with Crippen LogP contribution in [0.4, 0.5) is 34.1 Å². The van der Waals surface area contributed by atoms with Gasteiger partial charge in [0.15, 0.2) is 0 Å². The van der Waals surface area contributed by atoms with Gasteiger partial charge >= 0.3 is 0 Å². The molecule has 22 rings (SSSR count). The van der Waals surface area contributed by atoms with Crippen molar-refractivity contribution in [2.45, 2.75) is 26.2 Å². The molecule has 0 unspecified atom stereocenters. The van der Waals surface area contributed by atoms with Crippen LogP contribution in [0, 0.1) is 0 Å². The molecular weight excluding hydrogens is 1310 g/mol. The molecule has 506 valence electrons. The Morgan fingerprint density at radius 1 is 0.259 bits per heavy atom. The van der Waals surface area contributed by atoms with Crippen molar-refractivity contribution in [1.82, 2.24) is 0 Å². The highest BCUT2D eigenvalue weighted by atomic mass is 16.5. The molecule has 8 heteroatoms. The van der Waals surface area contributed by atoms with Gasteiger partial charge in [0.25, 0.3) is 13.4 Å². The van der Waals surface area contributed by atoms with Crippen LogP contribution in [-0.4, -0.2) is 13.4 Å². The second-order valence-electron chi connectivity index (χ2n) is 30.1. The second-order valence-corrected chi connectivity index (χ2v) is 30.1. The molecule has 6 nitrogen and oxygen atoms in total. The molecule has 108 heavy (non-hydrogen) atoms. The standard InChI is InChI=1S/C100H66B2N2O4/c1-100(2,3)71-58-82-92-83(59-71)104(96-76(66-39-21-9-22-40-66)55-70(63-33-15-6-16-34-63)56-77(96)67-41-23-10-24-42-67)84-60-89-94-99(108-98-80(50-52-88-91(98)73-44-26-28-46-86(73)106-88)101(94)79-49-51-87-90(97(79)107-89)72-43-25-27-45-85(72)105-87)93(84)102(92)78-48-47-68(61-29-11-4-12-30-61)57-81(78)103(82)95-74(64-35-17-7-18-36-64)53-69(62-31-13-5-14-32-62)54-75(95)65-37-19-8-20-38-65/h4-60H,1-3H3. The number of hydrogen-bond acceptors (Lipinski definition) is 6. The van der Waals surface area contributed by atoms with Gasteiger partial charge in [0, 0.05) is 67.3 Å². The first-order valence-corrected chi connectivity index (χ1v) is 37.3. The van der Waals surface area contributed by atoms with E-state index >= 15 is 0 Å². The van der Waals surface area contributed by atoms with Crippen molar-refractivity contribution >= 4 is 124 Å². The van der Waals surface area contributed by atoms with Crippen LogP contribution in [0.15, 0.2) is 355 Å². The molecule has 6 heterocycles. The summed E-state index contributed by atoms with van der Waals surface area (Å²) in [5, 5.41) is 3.84. The van der Waals surface area contributed by atoms with Crippen molar-refractivity contribution in [3.05, 3.63) is 351 Å². The molecule has 0 atom stereocenters. The third kappa shape index (κ3) is 9.49. The van der Waals surface area contributed by atoms with Gasteiger partial charge < -0.3 is 28.1 Å². The first kappa shape index (κ1) is 61.9. The Hall–Kier alpha value is -13.6. The number of ether oxygens (including phenoxy) is 2. The molecular formula is C100H66B2N2O4. The van der Waals surface area contributed by atoms with E-state index < -0.39 is 12.1 Å². The number of nitrogens with zero attached hydrogens (tertiary/aromatic N) is 2. The summed E-state index contributed by atoms with van der Waals surface area (Å²) in [5.74, 6) is 2.99. The Morgan fingerprint density at radius 3 is 1.06 bits per heavy atom. The van der Waals surface area contributed by atoms with E-state index in [2.05, 4.69) is 370 Å². The molecule has 0 bridgehead atoms. The predicted molar refractivity (Wildman–Crippen MR) is 449 cm³/mol. The molecule has 0 N–H and O–H groups in total. The minimum atomic E-state index is -0.469. The summed E-state index contributed by atoms with van der Waals surface area (Å²) < 4.78 is 30.0. The van der Waals surface area contributed by atoms with Gasteiger partial charge in [-0.1, -0.05) is 294 Å². The fourth-order valence-corrected chi connectivity index (χ4v) is 18.0. The van der Waals surface area contributed by atoms with E-state index in [4.69, 9.17) is 18.3 Å². The van der Waals surface area contributed by atoms with Gasteiger partial charge in [0.1, 0.15) is 45.3 Å². The highest BCUT2D eigenvalue weighted by Gasteiger charge is 2.52. The molecule has 2 aromatic heterocycles. The van der Waals surface area contributed by atoms with Crippen molar-refractivity contribution in [1.29, 1.82) is 0 Å². The predicted octanol–water partition coefficient (Wildman–Crippen LogP) is 23.3. The van der Waals surface area contributed by atoms with Crippen LogP contribution in [0.2, 0.25) is 0 Å². The van der Waals surface area contributed by atoms with Crippen molar-refractivity contribution < 1.29 is 18.3 Å². The molecule has 0 saturated carbocycles. The molecule has 0 amide bonds. The first-order chi connectivity index (χ1) is 53.2. The SMILES string of the molecule is CC(C)(C)c1cc2c3c(c1)N(c1c(-c4ccccc4)cc(-c4ccccc4)cc1-c1ccccc1)c1cc4c5c(c1B3c1ccc(-c3ccccc3)cc1N2c1c(-c2ccccc2)cc(-c2ccccc2)cc1-c1ccccc1)Oc1c(ccc2oc3ccccc3c12)B5c1ccc2oc3ccccc3c2c1O4. The Kier molecular flexibility index (Phi) is 13.7. The minimum Gasteiger partial charge on any atom is -0.458 e. The molecule has 0 saturated heterocycles. The molecule has 18 aromatic rings. The Balaban J connectivity index is 0.945. The van der Waals surface area contributed by atoms with E-state index in [1.54, 1.807) is 0 Å². The molecule has 0 fully saturated rings. The Morgan fingerprint density at radius 2 is 0.630 bits per heavy atom. The molecule has 16 aromatic carbocycles. The summed E-state index contributed by atoms with van der Waals surface area (Å²) in [6.07, 6.45) is 0. The van der Waals surface area contributed by atoms with Crippen LogP contribution >= 0.6 is 0 Å². The molecule has 0 spiro atoms. The summed E-state index contributed by atoms with van der Waals surface area (Å²) in [6.45, 7) is 6.25. The third-order valence-corrected chi connectivity index (χ3v) is 22.9. The van der Waals surface area contributed by atoms with Gasteiger partial charge in [-0.05, 0) is 161 Å². The van der Waals surface area contributed by atoms with Crippen molar-refractivity contribution in [2.75, 3.05) is 9.80 Å². The minimum absolute atomic E-state index is 0.378. The summed E-state index contributed by atoms with van der Waals surface area (Å²) in [6, 6.07) is 127. The van der Waals surface area contributed by atoms with Crippen LogP contribution in [0.1, 0.15) is 26.3 Å². The fourth-order valence-electron chi connectivity index (χ4n) is 18.0. The summed E-state index contributed by atoms with van der Waals surface area (Å²) in [5.41, 5.74) is 31.8. The average molecular weight is 1380 g/mol. The number of para-hydroxylation sites is 2. The summed E-state index contributed by atoms with van der Waals surface area (Å²) in [7, 11) is 0. The number of hydrogen-bond donors (Lipinski definition) is 0. The van der Waals surface area contributed by atoms with Crippen LogP contribution in [0.5, 0.6) is 23.0 Å². The fraction of sp³-hybridized carbons (Fsp3) is 0.0400. The van der Waals surface area contributed by atoms with Gasteiger partial charge in [0.05, 0.1) is 22.1 Å². The molecule has 4 aliphatic heterocycles. The van der Waals surface area contributed by atoms with Gasteiger partial charge in [-0.25, -0.2) is 0 Å². The molecule has 0 aliphatic carbocycles. The lowest BCUT2D eigenvalue weighted by atomic mass is 9.30. The zero-order valence-electron chi connectivity index (χ0n) is 59.6. The largest absolute Gasteiger partial charge is 0.458 e. The van der Waals surface area contributed by atoms with Crippen molar-refractivity contribution in [3.8, 4) is 101 Å². The lowest BCUT2D eigenvalue weighted by Crippen LogP contribution is -2.65. The highest BCUT2D eigenvalue weighted by Crippen LogP contribution is 2.57. The second kappa shape index (κ2) is 24.0. The van der Waals surface area contributed by atoms with Crippen LogP contribution in [0.25, 0.3) is 122 Å². The smallest absolute Gasteiger partial charge is 0.260 e. The topological polar surface area (TPSA) is 51.2 Å². The van der Waals surface area contributed by atoms with E-state index in [1.165, 1.54) is 5.56 Å². The molecule has 0 radical (unpaired) electrons. The zero-order valence-corrected chi connectivity index (χ0v) is 59.6. The van der Waals surface area contributed by atoms with E-state index in [1.807, 2.05) is 6.07 Å². The van der Waals surface area contributed by atoms with Crippen LogP contribution in [-0.2, 0) is 5.41 Å². The first-order valence-electron chi connectivity index (χ1n) is 37.3. The normalized spacial score (nSPS) is 13.0. The number of benzene rings is 16. The van der Waals surface area contributed by atoms with Crippen LogP contribution < -0.4 is 52.1 Å². The maximum absolute atomic E-state index is 8.37. The zero-order chi connectivity index (χ0) is 71.5. The maximum atomic E-state index is 8.37. The number of rotatable bonds is 9. The van der Waals surface area contributed by atoms with E-state index in [9.17, 15) is 0 Å². The average Bonchev–Trinajstić information content (AvgIpc) is 0.821.